The molecule has 0 saturated carbocycles. The Morgan fingerprint density at radius 2 is 2.25 bits per heavy atom. The van der Waals surface area contributed by atoms with Crippen LogP contribution in [0.1, 0.15) is 0 Å². The summed E-state index contributed by atoms with van der Waals surface area (Å²) in [6.45, 7) is 0. The summed E-state index contributed by atoms with van der Waals surface area (Å²) >= 11 is 0.152. The first kappa shape index (κ1) is 7.91. The summed E-state index contributed by atoms with van der Waals surface area (Å²) in [7, 11) is 0. The van der Waals surface area contributed by atoms with Crippen molar-refractivity contribution >= 4 is 10.9 Å². The third-order valence-corrected chi connectivity index (χ3v) is 3.51. The summed E-state index contributed by atoms with van der Waals surface area (Å²) in [5.74, 6) is 0. The zero-order valence-corrected chi connectivity index (χ0v) is 8.82. The quantitative estimate of drug-likeness (QED) is 0.467. The summed E-state index contributed by atoms with van der Waals surface area (Å²) in [5, 5.41) is 1.20. The molecule has 2 rings (SSSR count). The molecule has 0 unspecified atom stereocenters. The minimum absolute atomic E-state index is 0.152. The molecule has 0 atom stereocenters. The summed E-state index contributed by atoms with van der Waals surface area (Å²) in [5.41, 5.74) is 0.985. The molecule has 0 aliphatic heterocycles. The Kier molecular flexibility index (Phi) is 2.21. The number of hydrogen-bond acceptors (Lipinski definition) is 2. The molecule has 0 amide bonds. The van der Waals surface area contributed by atoms with E-state index >= 15 is 0 Å². The van der Waals surface area contributed by atoms with Gasteiger partial charge in [-0.3, -0.25) is 0 Å². The zero-order valence-electron chi connectivity index (χ0n) is 6.66. The first-order valence-corrected chi connectivity index (χ1v) is 6.83. The van der Waals surface area contributed by atoms with Crippen LogP contribution in [-0.4, -0.2) is 14.9 Å². The van der Waals surface area contributed by atoms with E-state index < -0.39 is 0 Å². The fourth-order valence-electron chi connectivity index (χ4n) is 1.05. The van der Waals surface area contributed by atoms with Crippen LogP contribution in [0.25, 0.3) is 10.9 Å². The molecule has 0 saturated heterocycles. The minimum atomic E-state index is 0.152. The van der Waals surface area contributed by atoms with Gasteiger partial charge in [0.1, 0.15) is 0 Å². The normalized spacial score (nSPS) is 10.8. The molecule has 2 heterocycles. The summed E-state index contributed by atoms with van der Waals surface area (Å²) < 4.78 is 1.38. The number of rotatable bonds is 1. The Bertz CT molecular complexity index is 400. The molecular weight excluding hydrogens is 263 g/mol. The Labute approximate surface area is 81.3 Å². The van der Waals surface area contributed by atoms with E-state index in [0.717, 1.165) is 5.52 Å². The molecule has 0 fully saturated rings. The van der Waals surface area contributed by atoms with Crippen LogP contribution >= 0.6 is 0 Å². The van der Waals surface area contributed by atoms with E-state index in [2.05, 4.69) is 21.0 Å². The van der Waals surface area contributed by atoms with Crippen molar-refractivity contribution in [1.82, 2.24) is 9.97 Å². The molecule has 0 bridgehead atoms. The van der Waals surface area contributed by atoms with Crippen molar-refractivity contribution in [3.8, 4) is 0 Å². The van der Waals surface area contributed by atoms with Crippen LogP contribution in [0.2, 0.25) is 0 Å². The average Bonchev–Trinajstić information content (AvgIpc) is 2.17. The van der Waals surface area contributed by atoms with Gasteiger partial charge in [-0.2, -0.15) is 0 Å². The average molecular weight is 271 g/mol. The van der Waals surface area contributed by atoms with E-state index in [1.54, 1.807) is 6.20 Å². The second kappa shape index (κ2) is 3.35. The van der Waals surface area contributed by atoms with Gasteiger partial charge in [0, 0.05) is 0 Å². The van der Waals surface area contributed by atoms with Crippen LogP contribution in [-0.2, 0) is 0 Å². The third-order valence-electron chi connectivity index (χ3n) is 1.67. The van der Waals surface area contributed by atoms with Gasteiger partial charge in [-0.1, -0.05) is 0 Å². The van der Waals surface area contributed by atoms with Gasteiger partial charge in [0.15, 0.2) is 0 Å². The summed E-state index contributed by atoms with van der Waals surface area (Å²) in [6, 6.07) is 4.21. The van der Waals surface area contributed by atoms with Crippen LogP contribution in [0.5, 0.6) is 0 Å². The van der Waals surface area contributed by atoms with Crippen molar-refractivity contribution in [3.63, 3.8) is 0 Å². The molecule has 0 aromatic carbocycles. The van der Waals surface area contributed by atoms with Crippen molar-refractivity contribution in [3.05, 3.63) is 34.3 Å². The molecule has 3 heteroatoms. The number of halogens is 1. The molecule has 2 aromatic rings. The van der Waals surface area contributed by atoms with Gasteiger partial charge in [0.05, 0.1) is 0 Å². The van der Waals surface area contributed by atoms with E-state index in [4.69, 9.17) is 0 Å². The molecule has 0 aliphatic rings. The van der Waals surface area contributed by atoms with Crippen molar-refractivity contribution in [1.29, 1.82) is 0 Å². The fraction of sp³-hybridized carbons (Fsp3) is 0.111. The number of aromatic nitrogens is 2. The van der Waals surface area contributed by atoms with Crippen molar-refractivity contribution in [2.24, 2.45) is 0 Å². The Morgan fingerprint density at radius 1 is 1.33 bits per heavy atom. The summed E-state index contributed by atoms with van der Waals surface area (Å²) in [6.07, 6.45) is 5.56. The van der Waals surface area contributed by atoms with Gasteiger partial charge in [-0.15, -0.1) is 0 Å². The molecule has 0 N–H and O–H groups in total. The molecule has 0 spiro atoms. The van der Waals surface area contributed by atoms with Gasteiger partial charge in [-0.05, 0) is 0 Å². The second-order valence-electron chi connectivity index (χ2n) is 2.41. The van der Waals surface area contributed by atoms with E-state index in [-0.39, 0.29) is 21.2 Å². The van der Waals surface area contributed by atoms with Gasteiger partial charge in [0.2, 0.25) is 0 Å². The number of pyridine rings is 2. The molecule has 0 radical (unpaired) electrons. The van der Waals surface area contributed by atoms with Crippen LogP contribution in [0.4, 0.5) is 0 Å². The standard InChI is InChI=1S/C9H8IN2/c1-10-8-4-7-2-3-11-6-9(7)12-5-8/h2-6H,1H3/q-1. The van der Waals surface area contributed by atoms with Gasteiger partial charge < -0.3 is 0 Å². The number of nitrogens with zero attached hydrogens (tertiary/aromatic N) is 2. The van der Waals surface area contributed by atoms with E-state index in [0.29, 0.717) is 0 Å². The van der Waals surface area contributed by atoms with E-state index in [1.807, 2.05) is 18.5 Å². The van der Waals surface area contributed by atoms with E-state index in [1.165, 1.54) is 8.96 Å². The maximum absolute atomic E-state index is 4.32. The first-order chi connectivity index (χ1) is 5.90. The first-order valence-electron chi connectivity index (χ1n) is 3.59. The Balaban J connectivity index is 2.67. The van der Waals surface area contributed by atoms with Crippen molar-refractivity contribution in [2.45, 2.75) is 0 Å². The monoisotopic (exact) mass is 271 g/mol. The topological polar surface area (TPSA) is 25.8 Å². The predicted molar refractivity (Wildman–Crippen MR) is 44.2 cm³/mol. The van der Waals surface area contributed by atoms with Gasteiger partial charge >= 0.3 is 81.3 Å². The van der Waals surface area contributed by atoms with Crippen molar-refractivity contribution < 1.29 is 21.2 Å². The van der Waals surface area contributed by atoms with Crippen LogP contribution in [0.15, 0.2) is 30.7 Å². The Morgan fingerprint density at radius 3 is 3.08 bits per heavy atom. The molecule has 0 aliphatic carbocycles. The predicted octanol–water partition coefficient (Wildman–Crippen LogP) is -1.48. The summed E-state index contributed by atoms with van der Waals surface area (Å²) in [4.78, 5) is 10.6. The van der Waals surface area contributed by atoms with Gasteiger partial charge in [0.25, 0.3) is 0 Å². The zero-order chi connectivity index (χ0) is 8.39. The van der Waals surface area contributed by atoms with E-state index in [9.17, 15) is 0 Å². The maximum atomic E-state index is 4.32. The third kappa shape index (κ3) is 1.41. The SMILES string of the molecule is C[I-]c1cnc2cnccc2c1. The molecule has 12 heavy (non-hydrogen) atoms. The fourth-order valence-corrected chi connectivity index (χ4v) is 2.11. The van der Waals surface area contributed by atoms with Crippen LogP contribution in [0.3, 0.4) is 0 Å². The number of alkyl halides is 1. The van der Waals surface area contributed by atoms with Crippen LogP contribution < -0.4 is 21.2 Å². The number of hydrogen-bond donors (Lipinski definition) is 0. The second-order valence-corrected chi connectivity index (χ2v) is 4.74. The Hall–Kier alpha value is -0.710. The van der Waals surface area contributed by atoms with Crippen molar-refractivity contribution in [2.75, 3.05) is 4.93 Å². The van der Waals surface area contributed by atoms with Gasteiger partial charge in [-0.25, -0.2) is 0 Å². The van der Waals surface area contributed by atoms with Crippen LogP contribution in [0, 0.1) is 3.57 Å². The molecule has 2 aromatic heterocycles. The molecule has 62 valence electrons. The molecule has 2 nitrogen and oxygen atoms in total. The molecular formula is C9H8IN2-. The number of fused-ring (bicyclic) bond motifs is 1.